The summed E-state index contributed by atoms with van der Waals surface area (Å²) in [5, 5.41) is 23.3. The fourth-order valence-electron chi connectivity index (χ4n) is 2.07. The van der Waals surface area contributed by atoms with E-state index in [0.29, 0.717) is 12.4 Å². The minimum absolute atomic E-state index is 0.226. The van der Waals surface area contributed by atoms with Crippen molar-refractivity contribution in [3.63, 3.8) is 0 Å². The zero-order valence-electron chi connectivity index (χ0n) is 11.7. The van der Waals surface area contributed by atoms with Crippen LogP contribution in [-0.4, -0.2) is 29.4 Å². The number of rotatable bonds is 5. The van der Waals surface area contributed by atoms with Crippen LogP contribution in [0.4, 0.5) is 0 Å². The van der Waals surface area contributed by atoms with E-state index in [1.54, 1.807) is 0 Å². The average Bonchev–Trinajstić information content (AvgIpc) is 3.19. The maximum absolute atomic E-state index is 11.3. The van der Waals surface area contributed by atoms with Crippen LogP contribution in [0.2, 0.25) is 0 Å². The Bertz CT molecular complexity index is 655. The van der Waals surface area contributed by atoms with Crippen molar-refractivity contribution in [1.29, 1.82) is 0 Å². The molecule has 0 radical (unpaired) electrons. The monoisotopic (exact) mass is 322 g/mol. The number of thiophene rings is 2. The van der Waals surface area contributed by atoms with Gasteiger partial charge in [0, 0.05) is 0 Å². The van der Waals surface area contributed by atoms with Gasteiger partial charge in [-0.05, 0) is 22.9 Å². The van der Waals surface area contributed by atoms with Gasteiger partial charge in [0.15, 0.2) is 6.54 Å². The van der Waals surface area contributed by atoms with E-state index in [-0.39, 0.29) is 5.89 Å². The van der Waals surface area contributed by atoms with Crippen molar-refractivity contribution in [3.8, 4) is 0 Å². The normalized spacial score (nSPS) is 12.2. The summed E-state index contributed by atoms with van der Waals surface area (Å²) in [7, 11) is 4.02. The summed E-state index contributed by atoms with van der Waals surface area (Å²) in [6, 6.07) is 7.57. The summed E-state index contributed by atoms with van der Waals surface area (Å²) in [6.45, 7) is 0.623. The molecule has 7 heteroatoms. The van der Waals surface area contributed by atoms with Crippen LogP contribution in [0, 0.1) is 0 Å². The first kappa shape index (κ1) is 14.4. The summed E-state index contributed by atoms with van der Waals surface area (Å²) in [5.74, 6) is 0.750. The highest BCUT2D eigenvalue weighted by Crippen LogP contribution is 2.40. The third-order valence-electron chi connectivity index (χ3n) is 3.04. The molecule has 0 fully saturated rings. The van der Waals surface area contributed by atoms with Crippen molar-refractivity contribution >= 4 is 22.7 Å². The van der Waals surface area contributed by atoms with Gasteiger partial charge in [-0.25, -0.2) is 0 Å². The van der Waals surface area contributed by atoms with Gasteiger partial charge in [-0.1, -0.05) is 12.1 Å². The van der Waals surface area contributed by atoms with Gasteiger partial charge in [-0.2, -0.15) is 0 Å². The lowest BCUT2D eigenvalue weighted by atomic mass is 10.00. The molecular weight excluding hydrogens is 306 g/mol. The number of aromatic nitrogens is 2. The first-order chi connectivity index (χ1) is 10.1. The van der Waals surface area contributed by atoms with Gasteiger partial charge >= 0.3 is 0 Å². The number of hydrogen-bond donors (Lipinski definition) is 2. The molecule has 0 bridgehead atoms. The first-order valence-corrected chi connectivity index (χ1v) is 8.29. The van der Waals surface area contributed by atoms with E-state index in [9.17, 15) is 5.11 Å². The molecule has 0 spiro atoms. The molecule has 3 aromatic heterocycles. The summed E-state index contributed by atoms with van der Waals surface area (Å²) in [5.41, 5.74) is -1.37. The fraction of sp³-hybridized carbons (Fsp3) is 0.286. The van der Waals surface area contributed by atoms with Gasteiger partial charge < -0.3 is 14.4 Å². The SMILES string of the molecule is C[NH+](C)Cc1nnc(C(O)(c2cccs2)c2cccs2)o1. The zero-order chi connectivity index (χ0) is 14.9. The van der Waals surface area contributed by atoms with Crippen molar-refractivity contribution in [2.45, 2.75) is 12.1 Å². The Morgan fingerprint density at radius 3 is 2.24 bits per heavy atom. The van der Waals surface area contributed by atoms with E-state index >= 15 is 0 Å². The Balaban J connectivity index is 2.06. The van der Waals surface area contributed by atoms with Gasteiger partial charge in [0.1, 0.15) is 0 Å². The molecule has 110 valence electrons. The maximum atomic E-state index is 11.3. The molecule has 0 saturated carbocycles. The molecule has 0 aliphatic heterocycles. The molecule has 0 atom stereocenters. The van der Waals surface area contributed by atoms with E-state index in [0.717, 1.165) is 9.75 Å². The summed E-state index contributed by atoms with van der Waals surface area (Å²) >= 11 is 2.94. The lowest BCUT2D eigenvalue weighted by Gasteiger charge is -2.21. The molecule has 0 aliphatic carbocycles. The molecule has 0 unspecified atom stereocenters. The van der Waals surface area contributed by atoms with Gasteiger partial charge in [0.05, 0.1) is 23.8 Å². The average molecular weight is 322 g/mol. The largest absolute Gasteiger partial charge is 0.416 e. The quantitative estimate of drug-likeness (QED) is 0.739. The third-order valence-corrected chi connectivity index (χ3v) is 4.99. The van der Waals surface area contributed by atoms with Crippen molar-refractivity contribution in [1.82, 2.24) is 10.2 Å². The van der Waals surface area contributed by atoms with Crippen LogP contribution in [0.25, 0.3) is 0 Å². The Kier molecular flexibility index (Phi) is 3.90. The van der Waals surface area contributed by atoms with Crippen LogP contribution < -0.4 is 4.90 Å². The molecule has 0 amide bonds. The summed E-state index contributed by atoms with van der Waals surface area (Å²) < 4.78 is 5.73. The molecule has 0 aliphatic rings. The minimum Gasteiger partial charge on any atom is -0.416 e. The second kappa shape index (κ2) is 5.69. The van der Waals surface area contributed by atoms with Crippen LogP contribution >= 0.6 is 22.7 Å². The lowest BCUT2D eigenvalue weighted by Crippen LogP contribution is -3.04. The highest BCUT2D eigenvalue weighted by atomic mass is 32.1. The van der Waals surface area contributed by atoms with Gasteiger partial charge in [0.2, 0.25) is 5.60 Å². The van der Waals surface area contributed by atoms with Crippen molar-refractivity contribution in [2.24, 2.45) is 0 Å². The number of hydrogen-bond acceptors (Lipinski definition) is 6. The van der Waals surface area contributed by atoms with Crippen molar-refractivity contribution in [3.05, 3.63) is 56.6 Å². The standard InChI is InChI=1S/C14H15N3O2S2/c1-17(2)9-12-15-16-13(19-12)14(18,10-5-3-7-20-10)11-6-4-8-21-11/h3-8,18H,9H2,1-2H3/p+1. The van der Waals surface area contributed by atoms with E-state index < -0.39 is 5.60 Å². The predicted molar refractivity (Wildman–Crippen MR) is 81.6 cm³/mol. The molecule has 0 aromatic carbocycles. The first-order valence-electron chi connectivity index (χ1n) is 6.53. The van der Waals surface area contributed by atoms with Gasteiger partial charge in [0.25, 0.3) is 11.8 Å². The number of nitrogens with one attached hydrogen (secondary N) is 1. The Morgan fingerprint density at radius 1 is 1.14 bits per heavy atom. The van der Waals surface area contributed by atoms with Gasteiger partial charge in [-0.3, -0.25) is 0 Å². The molecule has 0 saturated heterocycles. The molecular formula is C14H16N3O2S2+. The van der Waals surface area contributed by atoms with E-state index in [1.165, 1.54) is 27.6 Å². The highest BCUT2D eigenvalue weighted by Gasteiger charge is 2.41. The fourth-order valence-corrected chi connectivity index (χ4v) is 3.80. The van der Waals surface area contributed by atoms with E-state index in [1.807, 2.05) is 49.1 Å². The van der Waals surface area contributed by atoms with E-state index in [4.69, 9.17) is 4.42 Å². The summed E-state index contributed by atoms with van der Waals surface area (Å²) in [6.07, 6.45) is 0. The second-order valence-corrected chi connectivity index (χ2v) is 6.95. The molecule has 3 rings (SSSR count). The minimum atomic E-state index is -1.37. The Morgan fingerprint density at radius 2 is 1.76 bits per heavy atom. The van der Waals surface area contributed by atoms with Crippen LogP contribution in [0.15, 0.2) is 39.4 Å². The summed E-state index contributed by atoms with van der Waals surface area (Å²) in [4.78, 5) is 2.73. The number of quaternary nitrogens is 1. The van der Waals surface area contributed by atoms with Crippen LogP contribution in [0.1, 0.15) is 21.5 Å². The van der Waals surface area contributed by atoms with Crippen molar-refractivity contribution in [2.75, 3.05) is 14.1 Å². The molecule has 2 N–H and O–H groups in total. The second-order valence-electron chi connectivity index (χ2n) is 5.05. The number of aliphatic hydroxyl groups is 1. The van der Waals surface area contributed by atoms with Crippen molar-refractivity contribution < 1.29 is 14.4 Å². The lowest BCUT2D eigenvalue weighted by molar-refractivity contribution is -0.874. The molecule has 3 heterocycles. The maximum Gasteiger partial charge on any atom is 0.271 e. The Hall–Kier alpha value is -1.54. The van der Waals surface area contributed by atoms with E-state index in [2.05, 4.69) is 10.2 Å². The van der Waals surface area contributed by atoms with Crippen LogP contribution in [0.5, 0.6) is 0 Å². The van der Waals surface area contributed by atoms with Gasteiger partial charge in [-0.15, -0.1) is 32.9 Å². The molecule has 21 heavy (non-hydrogen) atoms. The number of nitrogens with zero attached hydrogens (tertiary/aromatic N) is 2. The highest BCUT2D eigenvalue weighted by molar-refractivity contribution is 7.11. The Labute approximate surface area is 130 Å². The smallest absolute Gasteiger partial charge is 0.271 e. The third kappa shape index (κ3) is 2.65. The predicted octanol–water partition coefficient (Wildman–Crippen LogP) is 1.12. The van der Waals surface area contributed by atoms with Crippen LogP contribution in [0.3, 0.4) is 0 Å². The van der Waals surface area contributed by atoms with Crippen LogP contribution in [-0.2, 0) is 12.1 Å². The topological polar surface area (TPSA) is 63.6 Å². The zero-order valence-corrected chi connectivity index (χ0v) is 13.4. The molecule has 5 nitrogen and oxygen atoms in total. The molecule has 3 aromatic rings.